The Bertz CT molecular complexity index is 349. The average molecular weight is 241 g/mol. The van der Waals surface area contributed by atoms with Crippen molar-refractivity contribution in [1.29, 1.82) is 0 Å². The van der Waals surface area contributed by atoms with Gasteiger partial charge in [-0.25, -0.2) is 0 Å². The number of halogens is 1. The molecule has 1 saturated heterocycles. The molecule has 0 aliphatic carbocycles. The summed E-state index contributed by atoms with van der Waals surface area (Å²) in [7, 11) is 0. The van der Waals surface area contributed by atoms with Crippen molar-refractivity contribution in [2.24, 2.45) is 0 Å². The van der Waals surface area contributed by atoms with Gasteiger partial charge < -0.3 is 9.64 Å². The topological polar surface area (TPSA) is 25.4 Å². The van der Waals surface area contributed by atoms with Gasteiger partial charge in [0, 0.05) is 25.2 Å². The number of anilines is 1. The van der Waals surface area contributed by atoms with Crippen molar-refractivity contribution < 1.29 is 4.74 Å². The number of ether oxygens (including phenoxy) is 1. The number of pyridine rings is 1. The number of alkyl halides is 1. The Hall–Kier alpha value is -0.800. The lowest BCUT2D eigenvalue weighted by molar-refractivity contribution is -0.00526. The number of nitrogens with zero attached hydrogens (tertiary/aromatic N) is 2. The molecular weight excluding hydrogens is 224 g/mol. The summed E-state index contributed by atoms with van der Waals surface area (Å²) in [6.45, 7) is 6.00. The van der Waals surface area contributed by atoms with E-state index >= 15 is 0 Å². The fourth-order valence-corrected chi connectivity index (χ4v) is 2.41. The Morgan fingerprint density at radius 1 is 1.44 bits per heavy atom. The molecule has 1 aromatic heterocycles. The lowest BCUT2D eigenvalue weighted by Gasteiger charge is -2.37. The standard InChI is InChI=1S/C12H17ClN2O/c1-9-7-15(8-10(2)16-9)12-6-14-4-3-11(12)5-13/h3-4,6,9-10H,5,7-8H2,1-2H3. The second kappa shape index (κ2) is 5.02. The van der Waals surface area contributed by atoms with E-state index in [1.54, 1.807) is 6.20 Å². The van der Waals surface area contributed by atoms with Gasteiger partial charge in [0.25, 0.3) is 0 Å². The summed E-state index contributed by atoms with van der Waals surface area (Å²) in [5.41, 5.74) is 2.28. The van der Waals surface area contributed by atoms with E-state index in [0.29, 0.717) is 5.88 Å². The summed E-state index contributed by atoms with van der Waals surface area (Å²) in [4.78, 5) is 6.49. The molecule has 0 aromatic carbocycles. The quantitative estimate of drug-likeness (QED) is 0.743. The minimum Gasteiger partial charge on any atom is -0.372 e. The molecule has 1 aliphatic rings. The molecule has 2 heterocycles. The van der Waals surface area contributed by atoms with Crippen molar-refractivity contribution in [3.05, 3.63) is 24.0 Å². The van der Waals surface area contributed by atoms with E-state index < -0.39 is 0 Å². The van der Waals surface area contributed by atoms with Crippen LogP contribution < -0.4 is 4.90 Å². The van der Waals surface area contributed by atoms with E-state index in [1.165, 1.54) is 0 Å². The molecule has 0 spiro atoms. The SMILES string of the molecule is CC1CN(c2cnccc2CCl)CC(C)O1. The molecule has 4 heteroatoms. The third-order valence-electron chi connectivity index (χ3n) is 2.79. The van der Waals surface area contributed by atoms with Crippen LogP contribution in [-0.4, -0.2) is 30.3 Å². The second-order valence-electron chi connectivity index (χ2n) is 4.30. The van der Waals surface area contributed by atoms with Crippen LogP contribution >= 0.6 is 11.6 Å². The van der Waals surface area contributed by atoms with Gasteiger partial charge in [-0.15, -0.1) is 11.6 Å². The predicted octanol–water partition coefficient (Wildman–Crippen LogP) is 2.43. The predicted molar refractivity (Wildman–Crippen MR) is 66.0 cm³/mol. The zero-order valence-corrected chi connectivity index (χ0v) is 10.4. The monoisotopic (exact) mass is 240 g/mol. The first-order chi connectivity index (χ1) is 7.70. The Morgan fingerprint density at radius 2 is 2.12 bits per heavy atom. The largest absolute Gasteiger partial charge is 0.372 e. The summed E-state index contributed by atoms with van der Waals surface area (Å²) in [5, 5.41) is 0. The van der Waals surface area contributed by atoms with Crippen molar-refractivity contribution in [2.45, 2.75) is 31.9 Å². The molecule has 0 saturated carbocycles. The van der Waals surface area contributed by atoms with Gasteiger partial charge in [0.2, 0.25) is 0 Å². The third kappa shape index (κ3) is 2.47. The van der Waals surface area contributed by atoms with Crippen molar-refractivity contribution in [3.63, 3.8) is 0 Å². The maximum Gasteiger partial charge on any atom is 0.0726 e. The molecule has 0 radical (unpaired) electrons. The van der Waals surface area contributed by atoms with Crippen LogP contribution in [0.15, 0.2) is 18.5 Å². The zero-order chi connectivity index (χ0) is 11.5. The molecule has 0 N–H and O–H groups in total. The molecule has 1 aliphatic heterocycles. The van der Waals surface area contributed by atoms with Crippen LogP contribution in [0, 0.1) is 0 Å². The van der Waals surface area contributed by atoms with Crippen LogP contribution in [0.5, 0.6) is 0 Å². The summed E-state index contributed by atoms with van der Waals surface area (Å²) >= 11 is 5.94. The van der Waals surface area contributed by atoms with Crippen molar-refractivity contribution in [3.8, 4) is 0 Å². The number of aromatic nitrogens is 1. The van der Waals surface area contributed by atoms with Gasteiger partial charge in [-0.3, -0.25) is 4.98 Å². The molecule has 0 bridgehead atoms. The Labute approximate surface area is 101 Å². The molecular formula is C12H17ClN2O. The van der Waals surface area contributed by atoms with E-state index in [-0.39, 0.29) is 12.2 Å². The van der Waals surface area contributed by atoms with Gasteiger partial charge in [0.15, 0.2) is 0 Å². The Kier molecular flexibility index (Phi) is 3.66. The van der Waals surface area contributed by atoms with Gasteiger partial charge in [-0.1, -0.05) is 0 Å². The highest BCUT2D eigenvalue weighted by atomic mass is 35.5. The minimum absolute atomic E-state index is 0.257. The van der Waals surface area contributed by atoms with Crippen LogP contribution in [0.1, 0.15) is 19.4 Å². The first kappa shape index (κ1) is 11.7. The maximum absolute atomic E-state index is 5.94. The van der Waals surface area contributed by atoms with Crippen LogP contribution in [0.2, 0.25) is 0 Å². The van der Waals surface area contributed by atoms with Gasteiger partial charge >= 0.3 is 0 Å². The first-order valence-electron chi connectivity index (χ1n) is 5.60. The van der Waals surface area contributed by atoms with Crippen LogP contribution in [-0.2, 0) is 10.6 Å². The molecule has 2 atom stereocenters. The highest BCUT2D eigenvalue weighted by Crippen LogP contribution is 2.24. The summed E-state index contributed by atoms with van der Waals surface area (Å²) < 4.78 is 5.72. The fourth-order valence-electron chi connectivity index (χ4n) is 2.19. The fraction of sp³-hybridized carbons (Fsp3) is 0.583. The van der Waals surface area contributed by atoms with E-state index in [9.17, 15) is 0 Å². The minimum atomic E-state index is 0.257. The maximum atomic E-state index is 5.94. The summed E-state index contributed by atoms with van der Waals surface area (Å²) in [6.07, 6.45) is 4.19. The van der Waals surface area contributed by atoms with Crippen molar-refractivity contribution in [1.82, 2.24) is 4.98 Å². The molecule has 3 nitrogen and oxygen atoms in total. The number of rotatable bonds is 2. The first-order valence-corrected chi connectivity index (χ1v) is 6.13. The zero-order valence-electron chi connectivity index (χ0n) is 9.69. The Morgan fingerprint density at radius 3 is 2.75 bits per heavy atom. The highest BCUT2D eigenvalue weighted by Gasteiger charge is 2.23. The molecule has 2 unspecified atom stereocenters. The lowest BCUT2D eigenvalue weighted by Crippen LogP contribution is -2.45. The Balaban J connectivity index is 2.22. The van der Waals surface area contributed by atoms with Gasteiger partial charge in [-0.2, -0.15) is 0 Å². The molecule has 2 rings (SSSR count). The van der Waals surface area contributed by atoms with Crippen molar-refractivity contribution in [2.75, 3.05) is 18.0 Å². The van der Waals surface area contributed by atoms with Crippen molar-refractivity contribution >= 4 is 17.3 Å². The van der Waals surface area contributed by atoms with Gasteiger partial charge in [-0.05, 0) is 25.5 Å². The summed E-state index contributed by atoms with van der Waals surface area (Å²) in [5.74, 6) is 0.526. The lowest BCUT2D eigenvalue weighted by atomic mass is 10.1. The number of morpholine rings is 1. The normalized spacial score (nSPS) is 25.8. The second-order valence-corrected chi connectivity index (χ2v) is 4.57. The highest BCUT2D eigenvalue weighted by molar-refractivity contribution is 6.17. The van der Waals surface area contributed by atoms with E-state index in [2.05, 4.69) is 23.7 Å². The number of hydrogen-bond acceptors (Lipinski definition) is 3. The molecule has 0 amide bonds. The van der Waals surface area contributed by atoms with Crippen LogP contribution in [0.25, 0.3) is 0 Å². The smallest absolute Gasteiger partial charge is 0.0726 e. The summed E-state index contributed by atoms with van der Waals surface area (Å²) in [6, 6.07) is 1.98. The molecule has 1 aromatic rings. The van der Waals surface area contributed by atoms with E-state index in [4.69, 9.17) is 16.3 Å². The van der Waals surface area contributed by atoms with E-state index in [1.807, 2.05) is 12.3 Å². The average Bonchev–Trinajstić information content (AvgIpc) is 2.27. The molecule has 1 fully saturated rings. The van der Waals surface area contributed by atoms with Gasteiger partial charge in [0.05, 0.1) is 24.1 Å². The third-order valence-corrected chi connectivity index (χ3v) is 3.08. The van der Waals surface area contributed by atoms with Gasteiger partial charge in [0.1, 0.15) is 0 Å². The van der Waals surface area contributed by atoms with Crippen LogP contribution in [0.4, 0.5) is 5.69 Å². The van der Waals surface area contributed by atoms with E-state index in [0.717, 1.165) is 24.3 Å². The molecule has 16 heavy (non-hydrogen) atoms. The molecule has 88 valence electrons. The number of hydrogen-bond donors (Lipinski definition) is 0. The van der Waals surface area contributed by atoms with Crippen LogP contribution in [0.3, 0.4) is 0 Å².